The predicted octanol–water partition coefficient (Wildman–Crippen LogP) is 3.58. The van der Waals surface area contributed by atoms with E-state index in [1.54, 1.807) is 11.3 Å². The molecule has 1 aliphatic rings. The van der Waals surface area contributed by atoms with Crippen molar-refractivity contribution >= 4 is 28.3 Å². The number of nitrogens with one attached hydrogen (secondary N) is 1. The van der Waals surface area contributed by atoms with Crippen LogP contribution in [0.25, 0.3) is 11.0 Å². The molecule has 1 fully saturated rings. The van der Waals surface area contributed by atoms with E-state index in [1.807, 2.05) is 25.1 Å². The molecule has 0 saturated carbocycles. The van der Waals surface area contributed by atoms with Gasteiger partial charge in [-0.1, -0.05) is 18.2 Å². The maximum Gasteiger partial charge on any atom is 0.222 e. The van der Waals surface area contributed by atoms with Crippen LogP contribution >= 0.6 is 11.3 Å². The van der Waals surface area contributed by atoms with Gasteiger partial charge in [0.25, 0.3) is 0 Å². The quantitative estimate of drug-likeness (QED) is 0.709. The minimum Gasteiger partial charge on any atom is -0.352 e. The average Bonchev–Trinajstić information content (AvgIpc) is 3.27. The van der Waals surface area contributed by atoms with Crippen LogP contribution in [-0.2, 0) is 17.9 Å². The normalized spacial score (nSPS) is 18.0. The molecule has 3 heterocycles. The fraction of sp³-hybridized carbons (Fsp3) is 0.429. The molecule has 1 aromatic carbocycles. The van der Waals surface area contributed by atoms with Crippen LogP contribution in [0.15, 0.2) is 41.8 Å². The van der Waals surface area contributed by atoms with E-state index in [-0.39, 0.29) is 11.9 Å². The van der Waals surface area contributed by atoms with Gasteiger partial charge in [0.2, 0.25) is 5.91 Å². The van der Waals surface area contributed by atoms with Crippen LogP contribution in [0.5, 0.6) is 0 Å². The van der Waals surface area contributed by atoms with Crippen LogP contribution in [0.3, 0.4) is 0 Å². The number of carbonyl (C=O) groups excluding carboxylic acids is 1. The van der Waals surface area contributed by atoms with Gasteiger partial charge in [0.05, 0.1) is 11.0 Å². The molecule has 0 aliphatic carbocycles. The lowest BCUT2D eigenvalue weighted by Crippen LogP contribution is -2.47. The molecule has 2 aromatic heterocycles. The van der Waals surface area contributed by atoms with Crippen molar-refractivity contribution in [2.45, 2.75) is 45.3 Å². The Morgan fingerprint density at radius 2 is 2.19 bits per heavy atom. The third-order valence-electron chi connectivity index (χ3n) is 5.24. The van der Waals surface area contributed by atoms with Crippen molar-refractivity contribution in [3.8, 4) is 0 Å². The van der Waals surface area contributed by atoms with Crippen molar-refractivity contribution in [1.29, 1.82) is 0 Å². The fourth-order valence-corrected chi connectivity index (χ4v) is 4.68. The Morgan fingerprint density at radius 3 is 3.04 bits per heavy atom. The highest BCUT2D eigenvalue weighted by molar-refractivity contribution is 7.09. The maximum absolute atomic E-state index is 12.5. The Balaban J connectivity index is 1.30. The first-order valence-electron chi connectivity index (χ1n) is 9.65. The van der Waals surface area contributed by atoms with E-state index in [4.69, 9.17) is 0 Å². The number of benzene rings is 1. The summed E-state index contributed by atoms with van der Waals surface area (Å²) in [5, 5.41) is 5.37. The highest BCUT2D eigenvalue weighted by Crippen LogP contribution is 2.18. The number of rotatable bonds is 6. The van der Waals surface area contributed by atoms with Crippen molar-refractivity contribution < 1.29 is 4.79 Å². The largest absolute Gasteiger partial charge is 0.352 e. The zero-order valence-electron chi connectivity index (χ0n) is 15.7. The van der Waals surface area contributed by atoms with Crippen LogP contribution in [0.1, 0.15) is 30.0 Å². The molecule has 1 aliphatic heterocycles. The summed E-state index contributed by atoms with van der Waals surface area (Å²) >= 11 is 1.80. The first-order valence-corrected chi connectivity index (χ1v) is 10.5. The Morgan fingerprint density at radius 1 is 1.30 bits per heavy atom. The third-order valence-corrected chi connectivity index (χ3v) is 6.10. The van der Waals surface area contributed by atoms with Gasteiger partial charge in [0, 0.05) is 37.0 Å². The molecule has 27 heavy (non-hydrogen) atoms. The monoisotopic (exact) mass is 382 g/mol. The molecule has 0 bridgehead atoms. The Labute approximate surface area is 164 Å². The summed E-state index contributed by atoms with van der Waals surface area (Å²) in [6.07, 6.45) is 2.70. The Hall–Kier alpha value is -2.18. The molecule has 142 valence electrons. The predicted molar refractivity (Wildman–Crippen MR) is 110 cm³/mol. The van der Waals surface area contributed by atoms with E-state index in [1.165, 1.54) is 4.88 Å². The van der Waals surface area contributed by atoms with Crippen LogP contribution in [0, 0.1) is 6.92 Å². The number of imidazole rings is 1. The number of aryl methyl sites for hydroxylation is 2. The molecule has 3 aromatic rings. The van der Waals surface area contributed by atoms with Gasteiger partial charge in [0.1, 0.15) is 5.82 Å². The summed E-state index contributed by atoms with van der Waals surface area (Å²) in [6.45, 7) is 5.72. The van der Waals surface area contributed by atoms with E-state index in [0.717, 1.165) is 49.3 Å². The van der Waals surface area contributed by atoms with E-state index >= 15 is 0 Å². The lowest BCUT2D eigenvalue weighted by atomic mass is 10.1. The third kappa shape index (κ3) is 4.39. The van der Waals surface area contributed by atoms with Gasteiger partial charge in [0.15, 0.2) is 0 Å². The molecule has 5 nitrogen and oxygen atoms in total. The summed E-state index contributed by atoms with van der Waals surface area (Å²) in [5.41, 5.74) is 2.09. The molecule has 4 rings (SSSR count). The highest BCUT2D eigenvalue weighted by atomic mass is 32.1. The van der Waals surface area contributed by atoms with Crippen molar-refractivity contribution in [3.05, 3.63) is 52.5 Å². The maximum atomic E-state index is 12.5. The molecular weight excluding hydrogens is 356 g/mol. The van der Waals surface area contributed by atoms with E-state index in [2.05, 4.69) is 43.3 Å². The van der Waals surface area contributed by atoms with Crippen molar-refractivity contribution in [1.82, 2.24) is 19.8 Å². The lowest BCUT2D eigenvalue weighted by Gasteiger charge is -2.32. The van der Waals surface area contributed by atoms with E-state index < -0.39 is 0 Å². The number of fused-ring (bicyclic) bond motifs is 1. The topological polar surface area (TPSA) is 50.2 Å². The summed E-state index contributed by atoms with van der Waals surface area (Å²) in [5.74, 6) is 1.10. The van der Waals surface area contributed by atoms with E-state index in [9.17, 15) is 4.79 Å². The van der Waals surface area contributed by atoms with Crippen LogP contribution in [-0.4, -0.2) is 39.5 Å². The number of hydrogen-bond acceptors (Lipinski definition) is 4. The number of likely N-dealkylation sites (tertiary alicyclic amines) is 1. The van der Waals surface area contributed by atoms with Gasteiger partial charge in [-0.05, 0) is 49.9 Å². The molecule has 0 radical (unpaired) electrons. The summed E-state index contributed by atoms with van der Waals surface area (Å²) in [4.78, 5) is 20.9. The number of nitrogens with zero attached hydrogens (tertiary/aromatic N) is 3. The van der Waals surface area contributed by atoms with Crippen molar-refractivity contribution in [2.75, 3.05) is 13.1 Å². The second kappa shape index (κ2) is 8.23. The van der Waals surface area contributed by atoms with Gasteiger partial charge in [-0.2, -0.15) is 0 Å². The molecule has 1 unspecified atom stereocenters. The SMILES string of the molecule is Cc1nc2ccccc2n1CCC(=O)NC1CCCN(Cc2cccs2)C1. The smallest absolute Gasteiger partial charge is 0.222 e. The van der Waals surface area contributed by atoms with Crippen molar-refractivity contribution in [2.24, 2.45) is 0 Å². The lowest BCUT2D eigenvalue weighted by molar-refractivity contribution is -0.122. The van der Waals surface area contributed by atoms with Gasteiger partial charge in [-0.25, -0.2) is 4.98 Å². The number of amides is 1. The van der Waals surface area contributed by atoms with E-state index in [0.29, 0.717) is 13.0 Å². The standard InChI is InChI=1S/C21H26N4OS/c1-16-22-19-8-2-3-9-20(19)25(16)12-10-21(26)23-17-6-4-11-24(14-17)15-18-7-5-13-27-18/h2-3,5,7-9,13,17H,4,6,10-12,14-15H2,1H3,(H,23,26). The number of thiophene rings is 1. The second-order valence-electron chi connectivity index (χ2n) is 7.27. The first-order chi connectivity index (χ1) is 13.2. The molecule has 1 N–H and O–H groups in total. The Kier molecular flexibility index (Phi) is 5.55. The zero-order valence-corrected chi connectivity index (χ0v) is 16.5. The van der Waals surface area contributed by atoms with Crippen LogP contribution in [0.4, 0.5) is 0 Å². The number of piperidine rings is 1. The zero-order chi connectivity index (χ0) is 18.6. The number of hydrogen-bond donors (Lipinski definition) is 1. The second-order valence-corrected chi connectivity index (χ2v) is 8.30. The minimum absolute atomic E-state index is 0.134. The molecule has 1 saturated heterocycles. The summed E-state index contributed by atoms with van der Waals surface area (Å²) < 4.78 is 2.14. The average molecular weight is 383 g/mol. The first kappa shape index (κ1) is 18.2. The van der Waals surface area contributed by atoms with Gasteiger partial charge in [-0.15, -0.1) is 11.3 Å². The summed E-state index contributed by atoms with van der Waals surface area (Å²) in [6, 6.07) is 12.6. The minimum atomic E-state index is 0.134. The van der Waals surface area contributed by atoms with Gasteiger partial charge >= 0.3 is 0 Å². The van der Waals surface area contributed by atoms with Gasteiger partial charge in [-0.3, -0.25) is 9.69 Å². The number of para-hydroxylation sites is 2. The fourth-order valence-electron chi connectivity index (χ4n) is 3.93. The van der Waals surface area contributed by atoms with Crippen LogP contribution < -0.4 is 5.32 Å². The molecule has 1 amide bonds. The van der Waals surface area contributed by atoms with Crippen LogP contribution in [0.2, 0.25) is 0 Å². The summed E-state index contributed by atoms with van der Waals surface area (Å²) in [7, 11) is 0. The Bertz CT molecular complexity index is 902. The number of carbonyl (C=O) groups is 1. The van der Waals surface area contributed by atoms with Gasteiger partial charge < -0.3 is 9.88 Å². The molecule has 6 heteroatoms. The highest BCUT2D eigenvalue weighted by Gasteiger charge is 2.21. The molecule has 0 spiro atoms. The van der Waals surface area contributed by atoms with Crippen molar-refractivity contribution in [3.63, 3.8) is 0 Å². The molecule has 1 atom stereocenters. The number of aromatic nitrogens is 2. The molecular formula is C21H26N4OS.